The highest BCUT2D eigenvalue weighted by atomic mass is 19.4. The third-order valence-electron chi connectivity index (χ3n) is 6.67. The van der Waals surface area contributed by atoms with Crippen molar-refractivity contribution < 1.29 is 49.0 Å². The summed E-state index contributed by atoms with van der Waals surface area (Å²) < 4.78 is 131. The molecular weight excluding hydrogens is 601 g/mol. The van der Waals surface area contributed by atoms with E-state index in [2.05, 4.69) is 5.32 Å². The predicted molar refractivity (Wildman–Crippen MR) is 143 cm³/mol. The van der Waals surface area contributed by atoms with Crippen LogP contribution in [0.2, 0.25) is 0 Å². The van der Waals surface area contributed by atoms with Crippen molar-refractivity contribution in [3.63, 3.8) is 0 Å². The summed E-state index contributed by atoms with van der Waals surface area (Å²) in [6.07, 6.45) is -11.2. The molecule has 0 aromatic heterocycles. The van der Waals surface area contributed by atoms with E-state index in [0.29, 0.717) is 23.8 Å². The third kappa shape index (κ3) is 7.17. The number of amides is 1. The van der Waals surface area contributed by atoms with Crippen LogP contribution in [0.15, 0.2) is 84.9 Å². The molecule has 4 rings (SSSR count). The zero-order valence-electron chi connectivity index (χ0n) is 23.1. The number of carbonyl (C=O) groups excluding carboxylic acids is 1. The molecule has 0 radical (unpaired) electrons. The Kier molecular flexibility index (Phi) is 9.03. The van der Waals surface area contributed by atoms with Gasteiger partial charge in [0.25, 0.3) is 5.91 Å². The smallest absolute Gasteiger partial charge is 0.419 e. The first-order valence-electron chi connectivity index (χ1n) is 13.1. The number of hydrogen-bond acceptors (Lipinski definition) is 2. The van der Waals surface area contributed by atoms with E-state index in [0.717, 1.165) is 24.3 Å². The van der Waals surface area contributed by atoms with Crippen LogP contribution in [-0.4, -0.2) is 12.0 Å². The predicted octanol–water partition coefficient (Wildman–Crippen LogP) is 8.85. The Morgan fingerprint density at radius 1 is 0.727 bits per heavy atom. The summed E-state index contributed by atoms with van der Waals surface area (Å²) in [7, 11) is 0. The number of nitrogens with one attached hydrogen (secondary N) is 1. The van der Waals surface area contributed by atoms with Crippen LogP contribution < -0.4 is 10.1 Å². The monoisotopic (exact) mass is 625 g/mol. The maximum Gasteiger partial charge on any atom is 0.419 e. The van der Waals surface area contributed by atoms with Gasteiger partial charge in [0, 0.05) is 18.1 Å². The average molecular weight is 626 g/mol. The molecule has 0 aliphatic rings. The SMILES string of the molecule is CC(C)Oc1cc(F)cc(C(Cc2ccccc2)(NC(=O)c2ccc(F)c(C(F)(F)F)c2)c2ccc(F)c(C(F)(F)F)c2)c1. The fourth-order valence-electron chi connectivity index (χ4n) is 4.77. The lowest BCUT2D eigenvalue weighted by Gasteiger charge is -2.37. The molecule has 232 valence electrons. The van der Waals surface area contributed by atoms with E-state index < -0.39 is 64.0 Å². The first kappa shape index (κ1) is 32.4. The topological polar surface area (TPSA) is 38.3 Å². The quantitative estimate of drug-likeness (QED) is 0.199. The molecule has 0 saturated carbocycles. The van der Waals surface area contributed by atoms with Gasteiger partial charge < -0.3 is 10.1 Å². The van der Waals surface area contributed by atoms with E-state index in [1.54, 1.807) is 44.2 Å². The van der Waals surface area contributed by atoms with Gasteiger partial charge in [-0.05, 0) is 73.0 Å². The van der Waals surface area contributed by atoms with Crippen LogP contribution in [0.4, 0.5) is 39.5 Å². The second-order valence-corrected chi connectivity index (χ2v) is 10.2. The largest absolute Gasteiger partial charge is 0.491 e. The minimum Gasteiger partial charge on any atom is -0.491 e. The Morgan fingerprint density at radius 2 is 1.32 bits per heavy atom. The number of alkyl halides is 6. The van der Waals surface area contributed by atoms with E-state index in [-0.39, 0.29) is 29.4 Å². The van der Waals surface area contributed by atoms with E-state index in [1.165, 1.54) is 6.07 Å². The van der Waals surface area contributed by atoms with Gasteiger partial charge in [0.2, 0.25) is 0 Å². The van der Waals surface area contributed by atoms with Crippen molar-refractivity contribution in [3.8, 4) is 5.75 Å². The minimum absolute atomic E-state index is 0.0685. The Labute approximate surface area is 246 Å². The van der Waals surface area contributed by atoms with E-state index >= 15 is 4.39 Å². The highest BCUT2D eigenvalue weighted by molar-refractivity contribution is 5.95. The second kappa shape index (κ2) is 12.3. The summed E-state index contributed by atoms with van der Waals surface area (Å²) in [6.45, 7) is 3.26. The highest BCUT2D eigenvalue weighted by Gasteiger charge is 2.42. The lowest BCUT2D eigenvalue weighted by atomic mass is 9.77. The Hall–Kier alpha value is -4.48. The van der Waals surface area contributed by atoms with Crippen molar-refractivity contribution in [1.82, 2.24) is 5.32 Å². The number of rotatable bonds is 8. The number of hydrogen-bond donors (Lipinski definition) is 1. The van der Waals surface area contributed by atoms with Gasteiger partial charge in [-0.25, -0.2) is 13.2 Å². The van der Waals surface area contributed by atoms with Crippen LogP contribution in [0.5, 0.6) is 5.75 Å². The van der Waals surface area contributed by atoms with Gasteiger partial charge >= 0.3 is 12.4 Å². The van der Waals surface area contributed by atoms with Gasteiger partial charge in [-0.2, -0.15) is 26.3 Å². The molecule has 0 aliphatic heterocycles. The van der Waals surface area contributed by atoms with Crippen molar-refractivity contribution in [2.24, 2.45) is 0 Å². The van der Waals surface area contributed by atoms with Crippen LogP contribution in [0.1, 0.15) is 52.0 Å². The zero-order valence-corrected chi connectivity index (χ0v) is 23.1. The Morgan fingerprint density at radius 3 is 1.91 bits per heavy atom. The Balaban J connectivity index is 2.03. The van der Waals surface area contributed by atoms with Crippen molar-refractivity contribution >= 4 is 5.91 Å². The van der Waals surface area contributed by atoms with E-state index in [4.69, 9.17) is 4.74 Å². The fourth-order valence-corrected chi connectivity index (χ4v) is 4.77. The van der Waals surface area contributed by atoms with E-state index in [1.807, 2.05) is 0 Å². The fraction of sp³-hybridized carbons (Fsp3) is 0.219. The summed E-state index contributed by atoms with van der Waals surface area (Å²) >= 11 is 0. The molecule has 3 nitrogen and oxygen atoms in total. The average Bonchev–Trinajstić information content (AvgIpc) is 2.91. The molecule has 0 heterocycles. The molecule has 0 fully saturated rings. The molecule has 44 heavy (non-hydrogen) atoms. The van der Waals surface area contributed by atoms with Crippen LogP contribution in [0.3, 0.4) is 0 Å². The molecule has 0 saturated heterocycles. The lowest BCUT2D eigenvalue weighted by molar-refractivity contribution is -0.140. The number of ether oxygens (including phenoxy) is 1. The third-order valence-corrected chi connectivity index (χ3v) is 6.67. The summed E-state index contributed by atoms with van der Waals surface area (Å²) in [5, 5.41) is 2.49. The molecule has 1 N–H and O–H groups in total. The minimum atomic E-state index is -5.19. The molecule has 0 bridgehead atoms. The van der Waals surface area contributed by atoms with Gasteiger partial charge in [0.15, 0.2) is 0 Å². The number of benzene rings is 4. The molecule has 4 aromatic rings. The van der Waals surface area contributed by atoms with Crippen LogP contribution in [-0.2, 0) is 24.3 Å². The highest BCUT2D eigenvalue weighted by Crippen LogP contribution is 2.40. The summed E-state index contributed by atoms with van der Waals surface area (Å²) in [5.74, 6) is -5.53. The van der Waals surface area contributed by atoms with Crippen molar-refractivity contribution in [2.45, 2.75) is 44.3 Å². The van der Waals surface area contributed by atoms with Crippen molar-refractivity contribution in [2.75, 3.05) is 0 Å². The number of carbonyl (C=O) groups is 1. The van der Waals surface area contributed by atoms with Crippen LogP contribution >= 0.6 is 0 Å². The molecule has 12 heteroatoms. The number of halogens is 9. The van der Waals surface area contributed by atoms with Crippen LogP contribution in [0, 0.1) is 17.5 Å². The maximum absolute atomic E-state index is 15.1. The normalized spacial score (nSPS) is 13.5. The van der Waals surface area contributed by atoms with Gasteiger partial charge in [0.05, 0.1) is 22.8 Å². The molecule has 1 unspecified atom stereocenters. The summed E-state index contributed by atoms with van der Waals surface area (Å²) in [4.78, 5) is 13.7. The first-order chi connectivity index (χ1) is 20.5. The summed E-state index contributed by atoms with van der Waals surface area (Å²) in [6, 6.07) is 14.4. The van der Waals surface area contributed by atoms with Crippen molar-refractivity contribution in [3.05, 3.63) is 136 Å². The van der Waals surface area contributed by atoms with Gasteiger partial charge in [0.1, 0.15) is 23.2 Å². The molecule has 0 spiro atoms. The lowest BCUT2D eigenvalue weighted by Crippen LogP contribution is -2.49. The zero-order chi connectivity index (χ0) is 32.4. The van der Waals surface area contributed by atoms with Crippen molar-refractivity contribution in [1.29, 1.82) is 0 Å². The first-order valence-corrected chi connectivity index (χ1v) is 13.1. The molecule has 0 aliphatic carbocycles. The van der Waals surface area contributed by atoms with E-state index in [9.17, 15) is 39.9 Å². The molecular formula is C32H24F9NO2. The standard InChI is InChI=1S/C32H24F9NO2/c1-18(2)44-24-14-22(13-23(33)16-24)30(17-19-6-4-3-5-7-19,21-9-11-28(35)26(15-21)32(39,40)41)42-29(43)20-8-10-27(34)25(12-20)31(36,37)38/h3-16,18H,17H2,1-2H3,(H,42,43). The molecule has 4 aromatic carbocycles. The molecule has 1 amide bonds. The summed E-state index contributed by atoms with van der Waals surface area (Å²) in [5.41, 5.74) is -6.43. The maximum atomic E-state index is 15.1. The van der Waals surface area contributed by atoms with Gasteiger partial charge in [-0.1, -0.05) is 36.4 Å². The Bertz CT molecular complexity index is 1650. The van der Waals surface area contributed by atoms with Crippen LogP contribution in [0.25, 0.3) is 0 Å². The van der Waals surface area contributed by atoms with Gasteiger partial charge in [-0.3, -0.25) is 4.79 Å². The van der Waals surface area contributed by atoms with Gasteiger partial charge in [-0.15, -0.1) is 0 Å². The second-order valence-electron chi connectivity index (χ2n) is 10.2. The molecule has 1 atom stereocenters.